The van der Waals surface area contributed by atoms with E-state index in [-0.39, 0.29) is 6.42 Å². The van der Waals surface area contributed by atoms with E-state index in [2.05, 4.69) is 20.6 Å². The monoisotopic (exact) mass is 458 g/mol. The van der Waals surface area contributed by atoms with Gasteiger partial charge in [-0.25, -0.2) is 9.78 Å². The van der Waals surface area contributed by atoms with Crippen molar-refractivity contribution in [2.24, 2.45) is 5.73 Å². The second-order valence-electron chi connectivity index (χ2n) is 6.86. The average Bonchev–Trinajstić information content (AvgIpc) is 3.22. The van der Waals surface area contributed by atoms with Crippen LogP contribution in [-0.2, 0) is 30.4 Å². The SMILES string of the molecule is CC(O)C(NC(=O)C(N)CO)C(=O)NC(Cc1cnc[nH]1)C(=O)NC(CC(=O)O)C(=O)O. The lowest BCUT2D eigenvalue weighted by atomic mass is 10.1. The predicted molar refractivity (Wildman–Crippen MR) is 105 cm³/mol. The highest BCUT2D eigenvalue weighted by Gasteiger charge is 2.33. The minimum atomic E-state index is -1.77. The standard InChI is InChI=1S/C17H26N6O9/c1-7(25)13(23-14(28)9(18)5-24)16(30)21-10(2-8-4-19-6-20-8)15(29)22-11(17(31)32)3-12(26)27/h4,6-7,9-11,13,24-25H,2-3,5,18H2,1H3,(H,19,20)(H,21,30)(H,22,29)(H,23,28)(H,26,27)(H,31,32). The molecule has 0 aliphatic rings. The first-order chi connectivity index (χ1) is 15.0. The van der Waals surface area contributed by atoms with E-state index in [4.69, 9.17) is 21.1 Å². The van der Waals surface area contributed by atoms with Crippen LogP contribution in [0.15, 0.2) is 12.5 Å². The number of aliphatic carboxylic acids is 2. The largest absolute Gasteiger partial charge is 0.481 e. The van der Waals surface area contributed by atoms with Gasteiger partial charge in [0.05, 0.1) is 25.5 Å². The average molecular weight is 458 g/mol. The molecule has 0 aliphatic carbocycles. The van der Waals surface area contributed by atoms with Crippen LogP contribution in [0.5, 0.6) is 0 Å². The third-order valence-electron chi connectivity index (χ3n) is 4.20. The van der Waals surface area contributed by atoms with Gasteiger partial charge in [-0.3, -0.25) is 19.2 Å². The molecule has 0 saturated carbocycles. The van der Waals surface area contributed by atoms with Gasteiger partial charge in [-0.05, 0) is 6.92 Å². The van der Waals surface area contributed by atoms with Crippen LogP contribution in [0.25, 0.3) is 0 Å². The number of nitrogens with zero attached hydrogens (tertiary/aromatic N) is 1. The van der Waals surface area contributed by atoms with Gasteiger partial charge in [-0.15, -0.1) is 0 Å². The zero-order valence-corrected chi connectivity index (χ0v) is 17.0. The highest BCUT2D eigenvalue weighted by molar-refractivity contribution is 5.95. The summed E-state index contributed by atoms with van der Waals surface area (Å²) < 4.78 is 0. The van der Waals surface area contributed by atoms with Gasteiger partial charge in [0, 0.05) is 18.3 Å². The minimum Gasteiger partial charge on any atom is -0.481 e. The number of hydrogen-bond donors (Lipinski definition) is 9. The molecule has 15 heteroatoms. The summed E-state index contributed by atoms with van der Waals surface area (Å²) in [6, 6.07) is -6.12. The first-order valence-corrected chi connectivity index (χ1v) is 9.33. The Balaban J connectivity index is 3.04. The van der Waals surface area contributed by atoms with Crippen molar-refractivity contribution in [1.82, 2.24) is 25.9 Å². The number of aromatic nitrogens is 2. The molecule has 3 amide bonds. The Morgan fingerprint density at radius 1 is 1.06 bits per heavy atom. The highest BCUT2D eigenvalue weighted by atomic mass is 16.4. The Kier molecular flexibility index (Phi) is 10.2. The van der Waals surface area contributed by atoms with E-state index in [0.717, 1.165) is 0 Å². The highest BCUT2D eigenvalue weighted by Crippen LogP contribution is 2.04. The van der Waals surface area contributed by atoms with Crippen LogP contribution in [0.2, 0.25) is 0 Å². The van der Waals surface area contributed by atoms with Crippen molar-refractivity contribution in [1.29, 1.82) is 0 Å². The summed E-state index contributed by atoms with van der Waals surface area (Å²) in [4.78, 5) is 65.8. The summed E-state index contributed by atoms with van der Waals surface area (Å²) in [6.45, 7) is 0.470. The van der Waals surface area contributed by atoms with Crippen LogP contribution in [0, 0.1) is 0 Å². The van der Waals surface area contributed by atoms with E-state index in [1.807, 2.05) is 5.32 Å². The molecular weight excluding hydrogens is 432 g/mol. The van der Waals surface area contributed by atoms with Crippen LogP contribution >= 0.6 is 0 Å². The Morgan fingerprint density at radius 3 is 2.16 bits per heavy atom. The molecule has 1 heterocycles. The Bertz CT molecular complexity index is 813. The molecule has 0 radical (unpaired) electrons. The summed E-state index contributed by atoms with van der Waals surface area (Å²) in [6.07, 6.45) is 0.0998. The molecular formula is C17H26N6O9. The molecule has 5 atom stereocenters. The van der Waals surface area contributed by atoms with Crippen molar-refractivity contribution in [2.75, 3.05) is 6.61 Å². The molecule has 0 aromatic carbocycles. The maximum Gasteiger partial charge on any atom is 0.326 e. The number of carboxylic acid groups (broad SMARTS) is 2. The Labute approximate surface area is 181 Å². The van der Waals surface area contributed by atoms with Crippen molar-refractivity contribution >= 4 is 29.7 Å². The van der Waals surface area contributed by atoms with E-state index in [0.29, 0.717) is 5.69 Å². The number of carboxylic acids is 2. The topological polar surface area (TPSA) is 257 Å². The number of aromatic amines is 1. The third kappa shape index (κ3) is 8.29. The van der Waals surface area contributed by atoms with Crippen LogP contribution in [0.4, 0.5) is 0 Å². The number of imidazole rings is 1. The van der Waals surface area contributed by atoms with Gasteiger partial charge in [0.25, 0.3) is 0 Å². The predicted octanol–water partition coefficient (Wildman–Crippen LogP) is -4.33. The zero-order chi connectivity index (χ0) is 24.4. The summed E-state index contributed by atoms with van der Waals surface area (Å²) in [5.41, 5.74) is 5.74. The smallest absolute Gasteiger partial charge is 0.326 e. The second-order valence-corrected chi connectivity index (χ2v) is 6.86. The van der Waals surface area contributed by atoms with Crippen molar-refractivity contribution in [2.45, 2.75) is 50.0 Å². The van der Waals surface area contributed by atoms with Crippen molar-refractivity contribution in [3.63, 3.8) is 0 Å². The van der Waals surface area contributed by atoms with Gasteiger partial charge < -0.3 is 47.1 Å². The van der Waals surface area contributed by atoms with Gasteiger partial charge >= 0.3 is 11.9 Å². The number of carbonyl (C=O) groups excluding carboxylic acids is 3. The normalized spacial score (nSPS) is 15.5. The minimum absolute atomic E-state index is 0.201. The number of nitrogens with one attached hydrogen (secondary N) is 4. The maximum absolute atomic E-state index is 12.7. The lowest BCUT2D eigenvalue weighted by Gasteiger charge is -2.26. The molecule has 1 aromatic rings. The van der Waals surface area contributed by atoms with Gasteiger partial charge in [-0.1, -0.05) is 0 Å². The lowest BCUT2D eigenvalue weighted by Crippen LogP contribution is -2.60. The Morgan fingerprint density at radius 2 is 1.69 bits per heavy atom. The van der Waals surface area contributed by atoms with E-state index in [9.17, 15) is 29.1 Å². The van der Waals surface area contributed by atoms with Crippen LogP contribution in [0.1, 0.15) is 19.0 Å². The molecule has 0 fully saturated rings. The molecule has 0 bridgehead atoms. The number of nitrogens with two attached hydrogens (primary N) is 1. The molecule has 32 heavy (non-hydrogen) atoms. The zero-order valence-electron chi connectivity index (χ0n) is 17.0. The Hall–Kier alpha value is -3.56. The van der Waals surface area contributed by atoms with Crippen LogP contribution < -0.4 is 21.7 Å². The van der Waals surface area contributed by atoms with E-state index < -0.39 is 73.0 Å². The number of H-pyrrole nitrogens is 1. The number of aliphatic hydroxyl groups is 2. The molecule has 0 spiro atoms. The van der Waals surface area contributed by atoms with Gasteiger partial charge in [0.1, 0.15) is 24.2 Å². The number of amides is 3. The van der Waals surface area contributed by atoms with E-state index in [1.165, 1.54) is 19.4 Å². The molecule has 0 aliphatic heterocycles. The van der Waals surface area contributed by atoms with Crippen LogP contribution in [0.3, 0.4) is 0 Å². The molecule has 10 N–H and O–H groups in total. The quantitative estimate of drug-likeness (QED) is 0.136. The van der Waals surface area contributed by atoms with Crippen LogP contribution in [-0.4, -0.2) is 96.9 Å². The van der Waals surface area contributed by atoms with Crippen molar-refractivity contribution in [3.05, 3.63) is 18.2 Å². The third-order valence-corrected chi connectivity index (χ3v) is 4.20. The fourth-order valence-electron chi connectivity index (χ4n) is 2.48. The summed E-state index contributed by atoms with van der Waals surface area (Å²) in [5, 5.41) is 43.2. The van der Waals surface area contributed by atoms with Gasteiger partial charge in [0.2, 0.25) is 17.7 Å². The lowest BCUT2D eigenvalue weighted by molar-refractivity contribution is -0.147. The molecule has 15 nitrogen and oxygen atoms in total. The first kappa shape index (κ1) is 26.5. The number of aliphatic hydroxyl groups excluding tert-OH is 2. The maximum atomic E-state index is 12.7. The van der Waals surface area contributed by atoms with Crippen molar-refractivity contribution < 1.29 is 44.4 Å². The number of carbonyl (C=O) groups is 5. The van der Waals surface area contributed by atoms with Gasteiger partial charge in [-0.2, -0.15) is 0 Å². The molecule has 5 unspecified atom stereocenters. The van der Waals surface area contributed by atoms with E-state index in [1.54, 1.807) is 0 Å². The number of hydrogen-bond acceptors (Lipinski definition) is 9. The summed E-state index contributed by atoms with van der Waals surface area (Å²) >= 11 is 0. The molecule has 178 valence electrons. The van der Waals surface area contributed by atoms with Gasteiger partial charge in [0.15, 0.2) is 0 Å². The fraction of sp³-hybridized carbons (Fsp3) is 0.529. The fourth-order valence-corrected chi connectivity index (χ4v) is 2.48. The second kappa shape index (κ2) is 12.3. The van der Waals surface area contributed by atoms with E-state index >= 15 is 0 Å². The molecule has 1 aromatic heterocycles. The molecule has 1 rings (SSSR count). The first-order valence-electron chi connectivity index (χ1n) is 9.33. The van der Waals surface area contributed by atoms with Crippen molar-refractivity contribution in [3.8, 4) is 0 Å². The summed E-state index contributed by atoms with van der Waals surface area (Å²) in [5.74, 6) is -6.04. The number of rotatable bonds is 13. The molecule has 0 saturated heterocycles. The summed E-state index contributed by atoms with van der Waals surface area (Å²) in [7, 11) is 0.